The second-order valence-electron chi connectivity index (χ2n) is 7.88. The predicted molar refractivity (Wildman–Crippen MR) is 130 cm³/mol. The van der Waals surface area contributed by atoms with E-state index in [9.17, 15) is 28.0 Å². The Morgan fingerprint density at radius 3 is 2.28 bits per heavy atom. The molecule has 7 nitrogen and oxygen atoms in total. The highest BCUT2D eigenvalue weighted by Gasteiger charge is 2.31. The van der Waals surface area contributed by atoms with Crippen LogP contribution in [0.1, 0.15) is 21.5 Å². The van der Waals surface area contributed by atoms with Crippen molar-refractivity contribution in [3.05, 3.63) is 94.6 Å². The summed E-state index contributed by atoms with van der Waals surface area (Å²) in [6.07, 6.45) is -2.89. The molecule has 4 aromatic rings. The molecule has 0 unspecified atom stereocenters. The molecule has 0 fully saturated rings. The van der Waals surface area contributed by atoms with E-state index in [1.165, 1.54) is 35.0 Å². The van der Waals surface area contributed by atoms with Crippen molar-refractivity contribution >= 4 is 35.8 Å². The molecule has 3 aromatic carbocycles. The number of anilines is 1. The smallest absolute Gasteiger partial charge is 0.478 e. The minimum absolute atomic E-state index is 0.0695. The lowest BCUT2D eigenvalue weighted by atomic mass is 9.80. The Morgan fingerprint density at radius 2 is 1.69 bits per heavy atom. The molecule has 0 radical (unpaired) electrons. The fourth-order valence-corrected chi connectivity index (χ4v) is 3.77. The molecule has 12 heteroatoms. The summed E-state index contributed by atoms with van der Waals surface area (Å²) in [5, 5.41) is 35.3. The Balaban J connectivity index is 1.70. The number of rotatable bonds is 7. The molecule has 0 aliphatic rings. The van der Waals surface area contributed by atoms with E-state index in [-0.39, 0.29) is 28.3 Å². The van der Waals surface area contributed by atoms with Gasteiger partial charge in [-0.3, -0.25) is 0 Å². The normalized spacial score (nSPS) is 11.4. The summed E-state index contributed by atoms with van der Waals surface area (Å²) in [6, 6.07) is 15.5. The van der Waals surface area contributed by atoms with Crippen LogP contribution in [0.4, 0.5) is 18.9 Å². The first-order valence-corrected chi connectivity index (χ1v) is 10.9. The number of nitrogens with zero attached hydrogens (tertiary/aromatic N) is 2. The molecule has 1 heterocycles. The summed E-state index contributed by atoms with van der Waals surface area (Å²) in [6.45, 7) is 0.0879. The van der Waals surface area contributed by atoms with E-state index in [1.807, 2.05) is 0 Å². The number of carbonyl (C=O) groups is 1. The second kappa shape index (κ2) is 10.1. The van der Waals surface area contributed by atoms with Crippen molar-refractivity contribution in [1.29, 1.82) is 0 Å². The number of nitrogens with one attached hydrogen (secondary N) is 1. The number of benzene rings is 3. The molecule has 4 N–H and O–H groups in total. The Hall–Kier alpha value is -3.80. The van der Waals surface area contributed by atoms with E-state index in [0.717, 1.165) is 12.1 Å². The molecule has 0 aliphatic carbocycles. The van der Waals surface area contributed by atoms with E-state index < -0.39 is 24.8 Å². The van der Waals surface area contributed by atoms with Gasteiger partial charge in [-0.25, -0.2) is 9.48 Å². The minimum atomic E-state index is -4.56. The molecule has 0 saturated heterocycles. The molecule has 0 spiro atoms. The third-order valence-corrected chi connectivity index (χ3v) is 5.58. The molecule has 4 rings (SSSR count). The Morgan fingerprint density at radius 1 is 1.03 bits per heavy atom. The summed E-state index contributed by atoms with van der Waals surface area (Å²) in [5.74, 6) is -1.07. The predicted octanol–water partition coefficient (Wildman–Crippen LogP) is 4.20. The summed E-state index contributed by atoms with van der Waals surface area (Å²) in [7, 11) is -1.64. The van der Waals surface area contributed by atoms with Gasteiger partial charge in [0.05, 0.1) is 22.5 Å². The average molecular weight is 516 g/mol. The average Bonchev–Trinajstić information content (AvgIpc) is 3.26. The van der Waals surface area contributed by atoms with E-state index in [0.29, 0.717) is 22.5 Å². The van der Waals surface area contributed by atoms with Crippen molar-refractivity contribution in [3.63, 3.8) is 0 Å². The number of carboxylic acid groups (broad SMARTS) is 1. The van der Waals surface area contributed by atoms with Crippen molar-refractivity contribution in [3.8, 4) is 16.9 Å². The van der Waals surface area contributed by atoms with E-state index in [1.54, 1.807) is 30.5 Å². The number of hydrogen-bond acceptors (Lipinski definition) is 5. The third-order valence-electron chi connectivity index (χ3n) is 5.36. The van der Waals surface area contributed by atoms with Crippen LogP contribution in [0, 0.1) is 0 Å². The largest absolute Gasteiger partial charge is 0.488 e. The van der Waals surface area contributed by atoms with E-state index in [2.05, 4.69) is 10.4 Å². The van der Waals surface area contributed by atoms with Crippen LogP contribution in [-0.4, -0.2) is 38.0 Å². The topological polar surface area (TPSA) is 108 Å². The zero-order chi connectivity index (χ0) is 26.0. The highest BCUT2D eigenvalue weighted by Crippen LogP contribution is 2.33. The van der Waals surface area contributed by atoms with Gasteiger partial charge in [0, 0.05) is 34.6 Å². The van der Waals surface area contributed by atoms with Gasteiger partial charge in [0.25, 0.3) is 0 Å². The van der Waals surface area contributed by atoms with Crippen molar-refractivity contribution in [2.45, 2.75) is 12.7 Å². The first-order valence-electron chi connectivity index (χ1n) is 10.5. The van der Waals surface area contributed by atoms with Crippen LogP contribution in [0.2, 0.25) is 5.02 Å². The van der Waals surface area contributed by atoms with Gasteiger partial charge in [0.1, 0.15) is 0 Å². The number of aromatic carboxylic acids is 1. The number of carboxylic acids is 1. The highest BCUT2D eigenvalue weighted by atomic mass is 35.5. The summed E-state index contributed by atoms with van der Waals surface area (Å²) in [5.41, 5.74) is 1.96. The van der Waals surface area contributed by atoms with Gasteiger partial charge in [-0.1, -0.05) is 35.9 Å². The van der Waals surface area contributed by atoms with Crippen molar-refractivity contribution in [2.24, 2.45) is 0 Å². The Bertz CT molecular complexity index is 1390. The maximum absolute atomic E-state index is 13.2. The van der Waals surface area contributed by atoms with Crippen LogP contribution >= 0.6 is 11.6 Å². The second-order valence-corrected chi connectivity index (χ2v) is 8.31. The SMILES string of the molecule is O=C(O)c1ccc(-n2cc(CNc3cc(Cl)cc(C(F)(F)F)c3)c(-c3ccc(B(O)O)cc3)n2)cc1. The van der Waals surface area contributed by atoms with Gasteiger partial charge in [-0.2, -0.15) is 18.3 Å². The van der Waals surface area contributed by atoms with Gasteiger partial charge >= 0.3 is 19.3 Å². The molecular weight excluding hydrogens is 498 g/mol. The quantitative estimate of drug-likeness (QED) is 0.275. The monoisotopic (exact) mass is 515 g/mol. The first kappa shape index (κ1) is 25.3. The molecule has 1 aromatic heterocycles. The van der Waals surface area contributed by atoms with Gasteiger partial charge in [-0.15, -0.1) is 0 Å². The summed E-state index contributed by atoms with van der Waals surface area (Å²) in [4.78, 5) is 11.2. The molecular formula is C24H18BClF3N3O4. The van der Waals surface area contributed by atoms with E-state index in [4.69, 9.17) is 16.7 Å². The van der Waals surface area contributed by atoms with Crippen LogP contribution in [0.5, 0.6) is 0 Å². The van der Waals surface area contributed by atoms with Gasteiger partial charge < -0.3 is 20.5 Å². The van der Waals surface area contributed by atoms with Gasteiger partial charge in [-0.05, 0) is 47.9 Å². The third kappa shape index (κ3) is 5.70. The lowest BCUT2D eigenvalue weighted by Crippen LogP contribution is -2.29. The number of hydrogen-bond donors (Lipinski definition) is 4. The number of alkyl halides is 3. The van der Waals surface area contributed by atoms with Crippen molar-refractivity contribution in [1.82, 2.24) is 9.78 Å². The molecule has 0 saturated carbocycles. The lowest BCUT2D eigenvalue weighted by Gasteiger charge is -2.12. The zero-order valence-corrected chi connectivity index (χ0v) is 19.1. The number of aromatic nitrogens is 2. The van der Waals surface area contributed by atoms with Gasteiger partial charge in [0.15, 0.2) is 0 Å². The van der Waals surface area contributed by atoms with Crippen LogP contribution in [-0.2, 0) is 12.7 Å². The zero-order valence-electron chi connectivity index (χ0n) is 18.4. The summed E-state index contributed by atoms with van der Waals surface area (Å²) >= 11 is 5.89. The molecule has 0 amide bonds. The van der Waals surface area contributed by atoms with E-state index >= 15 is 0 Å². The molecule has 184 valence electrons. The molecule has 36 heavy (non-hydrogen) atoms. The standard InChI is InChI=1S/C24H18BClF3N3O4/c26-19-9-17(24(27,28)29)10-20(11-19)30-12-16-13-32(21-7-3-15(4-8-21)23(33)34)31-22(16)14-1-5-18(6-2-14)25(35)36/h1-11,13,30,35-36H,12H2,(H,33,34). The fourth-order valence-electron chi connectivity index (χ4n) is 3.54. The van der Waals surface area contributed by atoms with Gasteiger partial charge in [0.2, 0.25) is 0 Å². The van der Waals surface area contributed by atoms with Crippen LogP contribution in [0.3, 0.4) is 0 Å². The Labute approximate surface area is 208 Å². The maximum atomic E-state index is 13.2. The number of halogens is 4. The lowest BCUT2D eigenvalue weighted by molar-refractivity contribution is -0.137. The van der Waals surface area contributed by atoms with Crippen molar-refractivity contribution < 1.29 is 33.1 Å². The van der Waals surface area contributed by atoms with Crippen LogP contribution in [0.25, 0.3) is 16.9 Å². The minimum Gasteiger partial charge on any atom is -0.478 e. The van der Waals surface area contributed by atoms with Crippen molar-refractivity contribution in [2.75, 3.05) is 5.32 Å². The first-order chi connectivity index (χ1) is 17.0. The molecule has 0 aliphatic heterocycles. The maximum Gasteiger partial charge on any atom is 0.488 e. The summed E-state index contributed by atoms with van der Waals surface area (Å²) < 4.78 is 41.1. The van der Waals surface area contributed by atoms with Crippen LogP contribution < -0.4 is 10.8 Å². The Kier molecular flexibility index (Phi) is 7.07. The van der Waals surface area contributed by atoms with Crippen LogP contribution in [0.15, 0.2) is 72.9 Å². The fraction of sp³-hybridized carbons (Fsp3) is 0.0833. The molecule has 0 atom stereocenters. The molecule has 0 bridgehead atoms. The highest BCUT2D eigenvalue weighted by molar-refractivity contribution is 6.58.